The van der Waals surface area contributed by atoms with Crippen LogP contribution in [0.2, 0.25) is 0 Å². The number of unbranched alkanes of at least 4 members (excludes halogenated alkanes) is 11. The Balaban J connectivity index is 3.59. The van der Waals surface area contributed by atoms with E-state index in [9.17, 15) is 13.0 Å². The molecular weight excluding hydrogens is 296 g/mol. The highest BCUT2D eigenvalue weighted by atomic mass is 32.2. The van der Waals surface area contributed by atoms with Crippen molar-refractivity contribution in [1.29, 1.82) is 0 Å². The molecule has 0 rings (SSSR count). The fourth-order valence-electron chi connectivity index (χ4n) is 2.85. The molecule has 1 unspecified atom stereocenters. The van der Waals surface area contributed by atoms with Gasteiger partial charge in [0.15, 0.2) is 0 Å². The van der Waals surface area contributed by atoms with E-state index >= 15 is 0 Å². The lowest BCUT2D eigenvalue weighted by Crippen LogP contribution is -2.20. The van der Waals surface area contributed by atoms with Gasteiger partial charge in [0.25, 0.3) is 10.1 Å². The maximum atomic E-state index is 11.4. The van der Waals surface area contributed by atoms with E-state index in [-0.39, 0.29) is 0 Å². The van der Waals surface area contributed by atoms with E-state index in [1.165, 1.54) is 44.9 Å². The third-order valence-electron chi connectivity index (χ3n) is 4.33. The highest BCUT2D eigenvalue weighted by Gasteiger charge is 2.21. The Labute approximate surface area is 139 Å². The van der Waals surface area contributed by atoms with Gasteiger partial charge in [0.1, 0.15) is 0 Å². The van der Waals surface area contributed by atoms with Crippen LogP contribution in [0.15, 0.2) is 0 Å². The van der Waals surface area contributed by atoms with Crippen molar-refractivity contribution >= 4 is 10.1 Å². The average molecular weight is 334 g/mol. The molecule has 0 aromatic rings. The van der Waals surface area contributed by atoms with Gasteiger partial charge < -0.3 is 0 Å². The summed E-state index contributed by atoms with van der Waals surface area (Å²) in [6.45, 7) is 5.95. The third-order valence-corrected chi connectivity index (χ3v) is 5.64. The summed E-state index contributed by atoms with van der Waals surface area (Å²) in [4.78, 5) is 0. The van der Waals surface area contributed by atoms with Gasteiger partial charge >= 0.3 is 0 Å². The highest BCUT2D eigenvalue weighted by Crippen LogP contribution is 2.18. The highest BCUT2D eigenvalue weighted by molar-refractivity contribution is 7.86. The summed E-state index contributed by atoms with van der Waals surface area (Å²) in [5.74, 6) is 0. The van der Waals surface area contributed by atoms with E-state index in [2.05, 4.69) is 13.8 Å². The monoisotopic (exact) mass is 333 g/mol. The molecule has 1 N–H and O–H groups in total. The lowest BCUT2D eigenvalue weighted by atomic mass is 10.0. The van der Waals surface area contributed by atoms with Crippen molar-refractivity contribution in [3.05, 3.63) is 6.92 Å². The summed E-state index contributed by atoms with van der Waals surface area (Å²) in [5.41, 5.74) is 0. The van der Waals surface area contributed by atoms with E-state index in [4.69, 9.17) is 0 Å². The van der Waals surface area contributed by atoms with Crippen LogP contribution in [0.4, 0.5) is 0 Å². The maximum absolute atomic E-state index is 11.4. The van der Waals surface area contributed by atoms with Crippen LogP contribution >= 0.6 is 0 Å². The van der Waals surface area contributed by atoms with Gasteiger partial charge in [-0.1, -0.05) is 97.3 Å². The van der Waals surface area contributed by atoms with Crippen molar-refractivity contribution in [2.45, 2.75) is 108 Å². The van der Waals surface area contributed by atoms with Gasteiger partial charge in [-0.25, -0.2) is 0 Å². The lowest BCUT2D eigenvalue weighted by molar-refractivity contribution is 0.444. The van der Waals surface area contributed by atoms with Gasteiger partial charge in [0.2, 0.25) is 0 Å². The van der Waals surface area contributed by atoms with E-state index < -0.39 is 15.4 Å². The fourth-order valence-corrected chi connectivity index (χ4v) is 3.78. The number of hydrogen-bond acceptors (Lipinski definition) is 2. The number of rotatable bonds is 16. The summed E-state index contributed by atoms with van der Waals surface area (Å²) in [7, 11) is -3.86. The molecule has 0 aliphatic rings. The average Bonchev–Trinajstić information content (AvgIpc) is 2.46. The molecule has 1 radical (unpaired) electrons. The first-order valence-corrected chi connectivity index (χ1v) is 10.8. The molecule has 0 saturated heterocycles. The van der Waals surface area contributed by atoms with Gasteiger partial charge in [-0.2, -0.15) is 8.42 Å². The van der Waals surface area contributed by atoms with Crippen LogP contribution in [0, 0.1) is 6.92 Å². The van der Waals surface area contributed by atoms with Crippen LogP contribution in [0.5, 0.6) is 0 Å². The molecule has 4 heteroatoms. The molecule has 3 nitrogen and oxygen atoms in total. The largest absolute Gasteiger partial charge is 0.285 e. The van der Waals surface area contributed by atoms with E-state index in [1.807, 2.05) is 0 Å². The Hall–Kier alpha value is -0.0900. The first-order valence-electron chi connectivity index (χ1n) is 9.28. The summed E-state index contributed by atoms with van der Waals surface area (Å²) in [6, 6.07) is 0. The second-order valence-electron chi connectivity index (χ2n) is 6.46. The maximum Gasteiger partial charge on any atom is 0.267 e. The van der Waals surface area contributed by atoms with Crippen LogP contribution in [-0.2, 0) is 10.1 Å². The predicted octanol–water partition coefficient (Wildman–Crippen LogP) is 5.95. The minimum Gasteiger partial charge on any atom is -0.285 e. The molecule has 0 heterocycles. The Morgan fingerprint density at radius 2 is 1.18 bits per heavy atom. The van der Waals surface area contributed by atoms with Crippen molar-refractivity contribution < 1.29 is 13.0 Å². The molecular formula is C18H37O3S. The van der Waals surface area contributed by atoms with Gasteiger partial charge in [0.05, 0.1) is 5.25 Å². The predicted molar refractivity (Wildman–Crippen MR) is 95.6 cm³/mol. The summed E-state index contributed by atoms with van der Waals surface area (Å²) >= 11 is 0. The molecule has 0 spiro atoms. The minimum absolute atomic E-state index is 0.540. The molecule has 133 valence electrons. The lowest BCUT2D eigenvalue weighted by Gasteiger charge is -2.13. The smallest absolute Gasteiger partial charge is 0.267 e. The molecule has 1 atom stereocenters. The van der Waals surface area contributed by atoms with Crippen LogP contribution in [-0.4, -0.2) is 18.2 Å². The molecule has 0 aromatic heterocycles. The molecule has 0 saturated carbocycles. The Morgan fingerprint density at radius 3 is 1.59 bits per heavy atom. The van der Waals surface area contributed by atoms with Crippen LogP contribution in [0.25, 0.3) is 0 Å². The van der Waals surface area contributed by atoms with Crippen LogP contribution in [0.3, 0.4) is 0 Å². The summed E-state index contributed by atoms with van der Waals surface area (Å²) < 4.78 is 32.0. The second kappa shape index (κ2) is 14.5. The topological polar surface area (TPSA) is 54.4 Å². The van der Waals surface area contributed by atoms with E-state index in [0.29, 0.717) is 12.8 Å². The van der Waals surface area contributed by atoms with Crippen molar-refractivity contribution in [3.63, 3.8) is 0 Å². The van der Waals surface area contributed by atoms with Crippen molar-refractivity contribution in [2.24, 2.45) is 0 Å². The van der Waals surface area contributed by atoms with Crippen LogP contribution in [0.1, 0.15) is 103 Å². The van der Waals surface area contributed by atoms with Gasteiger partial charge in [-0.15, -0.1) is 0 Å². The standard InChI is InChI=1S/C18H37O3S/c1-3-5-7-8-9-10-11-12-13-15-17-18(22(19,20)21)16-14-6-4-2/h18H,1,3-17H2,2H3,(H,19,20,21). The van der Waals surface area contributed by atoms with Gasteiger partial charge in [0, 0.05) is 0 Å². The van der Waals surface area contributed by atoms with E-state index in [0.717, 1.165) is 38.5 Å². The zero-order chi connectivity index (χ0) is 16.7. The number of hydrogen-bond donors (Lipinski definition) is 1. The fraction of sp³-hybridized carbons (Fsp3) is 0.944. The molecule has 0 aromatic carbocycles. The molecule has 22 heavy (non-hydrogen) atoms. The van der Waals surface area contributed by atoms with E-state index in [1.54, 1.807) is 0 Å². The quantitative estimate of drug-likeness (QED) is 0.280. The van der Waals surface area contributed by atoms with Gasteiger partial charge in [-0.05, 0) is 12.8 Å². The molecule has 0 amide bonds. The first-order chi connectivity index (χ1) is 10.5. The van der Waals surface area contributed by atoms with Gasteiger partial charge in [-0.3, -0.25) is 4.55 Å². The Morgan fingerprint density at radius 1 is 0.773 bits per heavy atom. The Kier molecular flexibility index (Phi) is 14.4. The first kappa shape index (κ1) is 21.9. The summed E-state index contributed by atoms with van der Waals surface area (Å²) in [6.07, 6.45) is 16.2. The SMILES string of the molecule is [CH2]CCCCCCCCCCCC(CCCCC)S(=O)(=O)O. The van der Waals surface area contributed by atoms with Crippen LogP contribution < -0.4 is 0 Å². The second-order valence-corrected chi connectivity index (χ2v) is 8.15. The van der Waals surface area contributed by atoms with Crippen molar-refractivity contribution in [2.75, 3.05) is 0 Å². The molecule has 0 aliphatic carbocycles. The zero-order valence-electron chi connectivity index (χ0n) is 14.6. The normalized spacial score (nSPS) is 13.4. The minimum atomic E-state index is -3.86. The molecule has 0 fully saturated rings. The molecule has 0 bridgehead atoms. The van der Waals surface area contributed by atoms with Crippen molar-refractivity contribution in [3.8, 4) is 0 Å². The van der Waals surface area contributed by atoms with Crippen molar-refractivity contribution in [1.82, 2.24) is 0 Å². The summed E-state index contributed by atoms with van der Waals surface area (Å²) in [5, 5.41) is -0.540. The molecule has 0 aliphatic heterocycles. The zero-order valence-corrected chi connectivity index (χ0v) is 15.4. The Bertz CT molecular complexity index is 325. The third kappa shape index (κ3) is 13.6.